The van der Waals surface area contributed by atoms with Crippen molar-refractivity contribution in [1.82, 2.24) is 0 Å². The third kappa shape index (κ3) is 2.56. The number of carboxylic acids is 1. The summed E-state index contributed by atoms with van der Waals surface area (Å²) in [4.78, 5) is 22.3. The van der Waals surface area contributed by atoms with E-state index in [4.69, 9.17) is 5.11 Å². The minimum atomic E-state index is -0.794. The zero-order valence-electron chi connectivity index (χ0n) is 8.66. The van der Waals surface area contributed by atoms with Crippen LogP contribution in [0.1, 0.15) is 45.4 Å². The van der Waals surface area contributed by atoms with E-state index in [9.17, 15) is 9.59 Å². The molecule has 14 heavy (non-hydrogen) atoms. The van der Waals surface area contributed by atoms with Gasteiger partial charge in [-0.3, -0.25) is 9.59 Å². The molecule has 1 N–H and O–H groups in total. The van der Waals surface area contributed by atoms with Gasteiger partial charge in [0.1, 0.15) is 5.78 Å². The molecule has 3 nitrogen and oxygen atoms in total. The fraction of sp³-hybridized carbons (Fsp3) is 0.818. The van der Waals surface area contributed by atoms with E-state index in [-0.39, 0.29) is 11.7 Å². The lowest BCUT2D eigenvalue weighted by atomic mass is 9.90. The molecule has 0 aliphatic heterocycles. The zero-order valence-corrected chi connectivity index (χ0v) is 8.66. The molecule has 0 aromatic carbocycles. The largest absolute Gasteiger partial charge is 0.481 e. The highest BCUT2D eigenvalue weighted by atomic mass is 16.4. The number of Topliss-reactive ketones (excluding diaryl/α,β-unsaturated/α-hetero) is 1. The van der Waals surface area contributed by atoms with E-state index in [1.807, 2.05) is 0 Å². The van der Waals surface area contributed by atoms with Gasteiger partial charge in [0.25, 0.3) is 0 Å². The predicted octanol–water partition coefficient (Wildman–Crippen LogP) is 2.25. The van der Waals surface area contributed by atoms with Crippen LogP contribution in [0.3, 0.4) is 0 Å². The van der Waals surface area contributed by atoms with Gasteiger partial charge in [0, 0.05) is 12.3 Å². The lowest BCUT2D eigenvalue weighted by Crippen LogP contribution is -2.22. The van der Waals surface area contributed by atoms with E-state index in [2.05, 4.69) is 6.92 Å². The molecule has 1 fully saturated rings. The highest BCUT2D eigenvalue weighted by molar-refractivity contribution is 5.89. The fourth-order valence-corrected chi connectivity index (χ4v) is 2.18. The second-order valence-electron chi connectivity index (χ2n) is 4.05. The fourth-order valence-electron chi connectivity index (χ4n) is 2.18. The van der Waals surface area contributed by atoms with Crippen LogP contribution in [0.2, 0.25) is 0 Å². The van der Waals surface area contributed by atoms with Crippen molar-refractivity contribution in [1.29, 1.82) is 0 Å². The van der Waals surface area contributed by atoms with Gasteiger partial charge in [-0.15, -0.1) is 0 Å². The van der Waals surface area contributed by atoms with Crippen molar-refractivity contribution in [3.63, 3.8) is 0 Å². The first-order valence-corrected chi connectivity index (χ1v) is 5.42. The van der Waals surface area contributed by atoms with Crippen LogP contribution < -0.4 is 0 Å². The van der Waals surface area contributed by atoms with Crippen LogP contribution in [-0.4, -0.2) is 16.9 Å². The molecule has 3 heteroatoms. The number of rotatable bonds is 5. The Morgan fingerprint density at radius 2 is 2.21 bits per heavy atom. The van der Waals surface area contributed by atoms with E-state index >= 15 is 0 Å². The third-order valence-corrected chi connectivity index (χ3v) is 3.04. The Morgan fingerprint density at radius 3 is 2.79 bits per heavy atom. The standard InChI is InChI=1S/C11H18O3/c1-2-3-4-5-8-9(11(13)14)6-7-10(8)12/h8-9H,2-7H2,1H3,(H,13,14)/t8?,9-/m1/s1. The maximum Gasteiger partial charge on any atom is 0.307 e. The molecule has 1 aliphatic carbocycles. The number of ketones is 1. The van der Waals surface area contributed by atoms with Gasteiger partial charge in [0.05, 0.1) is 5.92 Å². The molecule has 0 radical (unpaired) electrons. The summed E-state index contributed by atoms with van der Waals surface area (Å²) in [7, 11) is 0. The lowest BCUT2D eigenvalue weighted by molar-refractivity contribution is -0.144. The van der Waals surface area contributed by atoms with Gasteiger partial charge in [-0.05, 0) is 12.8 Å². The van der Waals surface area contributed by atoms with Gasteiger partial charge in [0.2, 0.25) is 0 Å². The molecular formula is C11H18O3. The number of aliphatic carboxylic acids is 1. The minimum Gasteiger partial charge on any atom is -0.481 e. The monoisotopic (exact) mass is 198 g/mol. The summed E-state index contributed by atoms with van der Waals surface area (Å²) in [5.74, 6) is -1.23. The number of carbonyl (C=O) groups excluding carboxylic acids is 1. The summed E-state index contributed by atoms with van der Waals surface area (Å²) in [6.45, 7) is 2.10. The van der Waals surface area contributed by atoms with Gasteiger partial charge in [-0.2, -0.15) is 0 Å². The second-order valence-corrected chi connectivity index (χ2v) is 4.05. The van der Waals surface area contributed by atoms with Crippen LogP contribution in [-0.2, 0) is 9.59 Å². The average molecular weight is 198 g/mol. The third-order valence-electron chi connectivity index (χ3n) is 3.04. The number of hydrogen-bond donors (Lipinski definition) is 1. The first kappa shape index (κ1) is 11.2. The molecule has 0 aromatic rings. The minimum absolute atomic E-state index is 0.161. The molecule has 0 heterocycles. The van der Waals surface area contributed by atoms with Gasteiger partial charge in [0.15, 0.2) is 0 Å². The Labute approximate surface area is 84.5 Å². The molecule has 1 aliphatic rings. The van der Waals surface area contributed by atoms with Crippen molar-refractivity contribution in [2.75, 3.05) is 0 Å². The highest BCUT2D eigenvalue weighted by Gasteiger charge is 2.38. The lowest BCUT2D eigenvalue weighted by Gasteiger charge is -2.13. The smallest absolute Gasteiger partial charge is 0.307 e. The van der Waals surface area contributed by atoms with E-state index in [1.54, 1.807) is 0 Å². The number of carboxylic acid groups (broad SMARTS) is 1. The van der Waals surface area contributed by atoms with Crippen molar-refractivity contribution in [3.8, 4) is 0 Å². The topological polar surface area (TPSA) is 54.4 Å². The quantitative estimate of drug-likeness (QED) is 0.689. The Morgan fingerprint density at radius 1 is 1.50 bits per heavy atom. The summed E-state index contributed by atoms with van der Waals surface area (Å²) in [6, 6.07) is 0. The van der Waals surface area contributed by atoms with Crippen molar-refractivity contribution in [3.05, 3.63) is 0 Å². The van der Waals surface area contributed by atoms with Crippen LogP contribution in [0.15, 0.2) is 0 Å². The molecule has 0 saturated heterocycles. The van der Waals surface area contributed by atoms with Crippen LogP contribution in [0.4, 0.5) is 0 Å². The molecule has 0 aromatic heterocycles. The maximum atomic E-state index is 11.4. The first-order chi connectivity index (χ1) is 6.66. The summed E-state index contributed by atoms with van der Waals surface area (Å²) in [6.07, 6.45) is 4.97. The molecule has 1 rings (SSSR count). The van der Waals surface area contributed by atoms with E-state index in [0.717, 1.165) is 25.7 Å². The highest BCUT2D eigenvalue weighted by Crippen LogP contribution is 2.32. The van der Waals surface area contributed by atoms with Crippen molar-refractivity contribution in [2.45, 2.75) is 45.4 Å². The Kier molecular flexibility index (Phi) is 4.11. The zero-order chi connectivity index (χ0) is 10.6. The summed E-state index contributed by atoms with van der Waals surface area (Å²) < 4.78 is 0. The van der Waals surface area contributed by atoms with Gasteiger partial charge in [-0.1, -0.05) is 26.2 Å². The SMILES string of the molecule is CCCCCC1C(=O)CC[C@H]1C(=O)O. The van der Waals surface area contributed by atoms with E-state index < -0.39 is 11.9 Å². The molecule has 80 valence electrons. The number of carbonyl (C=O) groups is 2. The Hall–Kier alpha value is -0.860. The maximum absolute atomic E-state index is 11.4. The van der Waals surface area contributed by atoms with Crippen LogP contribution in [0.5, 0.6) is 0 Å². The molecule has 2 atom stereocenters. The average Bonchev–Trinajstić information content (AvgIpc) is 2.48. The first-order valence-electron chi connectivity index (χ1n) is 5.42. The summed E-state index contributed by atoms with van der Waals surface area (Å²) >= 11 is 0. The van der Waals surface area contributed by atoms with Crippen LogP contribution in [0, 0.1) is 11.8 Å². The Balaban J connectivity index is 2.45. The van der Waals surface area contributed by atoms with Gasteiger partial charge in [-0.25, -0.2) is 0 Å². The van der Waals surface area contributed by atoms with E-state index in [1.165, 1.54) is 0 Å². The molecule has 0 amide bonds. The Bertz CT molecular complexity index is 223. The van der Waals surface area contributed by atoms with Gasteiger partial charge < -0.3 is 5.11 Å². The van der Waals surface area contributed by atoms with Crippen LogP contribution in [0.25, 0.3) is 0 Å². The van der Waals surface area contributed by atoms with Gasteiger partial charge >= 0.3 is 5.97 Å². The van der Waals surface area contributed by atoms with Crippen molar-refractivity contribution >= 4 is 11.8 Å². The van der Waals surface area contributed by atoms with E-state index in [0.29, 0.717) is 12.8 Å². The van der Waals surface area contributed by atoms with Crippen LogP contribution >= 0.6 is 0 Å². The molecule has 1 saturated carbocycles. The van der Waals surface area contributed by atoms with Crippen molar-refractivity contribution < 1.29 is 14.7 Å². The normalized spacial score (nSPS) is 26.8. The second kappa shape index (κ2) is 5.13. The summed E-state index contributed by atoms with van der Waals surface area (Å²) in [5.41, 5.74) is 0. The number of unbranched alkanes of at least 4 members (excludes halogenated alkanes) is 2. The molecule has 0 spiro atoms. The molecule has 0 bridgehead atoms. The molecular weight excluding hydrogens is 180 g/mol. The summed E-state index contributed by atoms with van der Waals surface area (Å²) in [5, 5.41) is 8.91. The number of hydrogen-bond acceptors (Lipinski definition) is 2. The van der Waals surface area contributed by atoms with Crippen molar-refractivity contribution in [2.24, 2.45) is 11.8 Å². The molecule has 1 unspecified atom stereocenters. The predicted molar refractivity (Wildman–Crippen MR) is 53.0 cm³/mol.